The lowest BCUT2D eigenvalue weighted by Crippen LogP contribution is -2.44. The summed E-state index contributed by atoms with van der Waals surface area (Å²) < 4.78 is 5.66. The van der Waals surface area contributed by atoms with Crippen LogP contribution in [0.1, 0.15) is 23.5 Å². The van der Waals surface area contributed by atoms with Crippen molar-refractivity contribution < 1.29 is 14.3 Å². The van der Waals surface area contributed by atoms with Crippen molar-refractivity contribution in [2.24, 2.45) is 11.7 Å². The van der Waals surface area contributed by atoms with Gasteiger partial charge in [-0.05, 0) is 37.1 Å². The van der Waals surface area contributed by atoms with Crippen LogP contribution >= 0.6 is 22.9 Å². The van der Waals surface area contributed by atoms with E-state index in [1.54, 1.807) is 29.2 Å². The van der Waals surface area contributed by atoms with Crippen molar-refractivity contribution in [1.82, 2.24) is 9.88 Å². The van der Waals surface area contributed by atoms with Gasteiger partial charge in [0.2, 0.25) is 11.8 Å². The topological polar surface area (TPSA) is 85.5 Å². The number of thiazole rings is 1. The zero-order valence-corrected chi connectivity index (χ0v) is 15.8. The van der Waals surface area contributed by atoms with Crippen molar-refractivity contribution in [2.75, 3.05) is 13.1 Å². The summed E-state index contributed by atoms with van der Waals surface area (Å²) in [4.78, 5) is 30.0. The normalized spacial score (nSPS) is 17.1. The quantitative estimate of drug-likeness (QED) is 0.817. The second-order valence-electron chi connectivity index (χ2n) is 6.23. The number of halogens is 1. The van der Waals surface area contributed by atoms with Gasteiger partial charge in [-0.25, -0.2) is 4.98 Å². The molecule has 1 atom stereocenters. The van der Waals surface area contributed by atoms with Gasteiger partial charge in [-0.1, -0.05) is 11.6 Å². The molecule has 0 radical (unpaired) electrons. The average molecular weight is 394 g/mol. The summed E-state index contributed by atoms with van der Waals surface area (Å²) in [6.45, 7) is 1.41. The van der Waals surface area contributed by atoms with Crippen LogP contribution in [0.3, 0.4) is 0 Å². The number of ether oxygens (including phenoxy) is 1. The molecule has 2 aromatic rings. The molecule has 138 valence electrons. The van der Waals surface area contributed by atoms with Crippen LogP contribution in [0.4, 0.5) is 0 Å². The van der Waals surface area contributed by atoms with E-state index < -0.39 is 0 Å². The molecule has 1 aliphatic rings. The maximum Gasteiger partial charge on any atom is 0.228 e. The molecule has 0 aliphatic carbocycles. The van der Waals surface area contributed by atoms with E-state index in [-0.39, 0.29) is 24.2 Å². The second-order valence-corrected chi connectivity index (χ2v) is 7.61. The number of carbonyl (C=O) groups excluding carboxylic acids is 2. The lowest BCUT2D eigenvalue weighted by atomic mass is 9.97. The lowest BCUT2D eigenvalue weighted by molar-refractivity contribution is -0.134. The highest BCUT2D eigenvalue weighted by atomic mass is 35.5. The minimum atomic E-state index is -0.335. The van der Waals surface area contributed by atoms with Gasteiger partial charge < -0.3 is 15.4 Å². The first kappa shape index (κ1) is 18.7. The molecule has 0 saturated carbocycles. The number of benzene rings is 1. The van der Waals surface area contributed by atoms with Crippen LogP contribution < -0.4 is 10.5 Å². The highest BCUT2D eigenvalue weighted by molar-refractivity contribution is 7.09. The van der Waals surface area contributed by atoms with E-state index in [0.29, 0.717) is 30.5 Å². The van der Waals surface area contributed by atoms with Crippen LogP contribution in [0.2, 0.25) is 5.02 Å². The molecule has 6 nitrogen and oxygen atoms in total. The third kappa shape index (κ3) is 4.95. The highest BCUT2D eigenvalue weighted by Gasteiger charge is 2.27. The summed E-state index contributed by atoms with van der Waals surface area (Å²) in [6.07, 6.45) is 1.78. The van der Waals surface area contributed by atoms with Crippen molar-refractivity contribution in [2.45, 2.75) is 25.9 Å². The number of piperidine rings is 1. The Morgan fingerprint density at radius 2 is 2.12 bits per heavy atom. The number of nitrogens with zero attached hydrogens (tertiary/aromatic N) is 2. The smallest absolute Gasteiger partial charge is 0.228 e. The number of amides is 2. The molecule has 1 saturated heterocycles. The summed E-state index contributed by atoms with van der Waals surface area (Å²) in [6, 6.07) is 7.12. The third-order valence-corrected chi connectivity index (χ3v) is 5.41. The van der Waals surface area contributed by atoms with Crippen molar-refractivity contribution in [3.8, 4) is 5.75 Å². The maximum absolute atomic E-state index is 12.5. The summed E-state index contributed by atoms with van der Waals surface area (Å²) in [5.41, 5.74) is 6.08. The van der Waals surface area contributed by atoms with E-state index in [4.69, 9.17) is 22.1 Å². The van der Waals surface area contributed by atoms with Gasteiger partial charge in [0, 0.05) is 23.5 Å². The molecule has 1 aromatic heterocycles. The summed E-state index contributed by atoms with van der Waals surface area (Å²) in [7, 11) is 0. The van der Waals surface area contributed by atoms with Crippen LogP contribution in [-0.2, 0) is 22.6 Å². The van der Waals surface area contributed by atoms with Gasteiger partial charge in [-0.15, -0.1) is 11.3 Å². The monoisotopic (exact) mass is 393 g/mol. The first-order chi connectivity index (χ1) is 12.5. The molecule has 2 N–H and O–H groups in total. The van der Waals surface area contributed by atoms with Crippen molar-refractivity contribution in [3.05, 3.63) is 45.4 Å². The average Bonchev–Trinajstić information content (AvgIpc) is 3.08. The first-order valence-corrected chi connectivity index (χ1v) is 9.66. The predicted molar refractivity (Wildman–Crippen MR) is 100 cm³/mol. The Morgan fingerprint density at radius 3 is 2.85 bits per heavy atom. The van der Waals surface area contributed by atoms with Gasteiger partial charge in [-0.2, -0.15) is 0 Å². The SMILES string of the molecule is NC(=O)C1CCCN(C(=O)Cc2csc(COc3ccc(Cl)cc3)n2)C1. The zero-order chi connectivity index (χ0) is 18.5. The fraction of sp³-hybridized carbons (Fsp3) is 0.389. The number of primary amides is 1. The van der Waals surface area contributed by atoms with Gasteiger partial charge in [0.25, 0.3) is 0 Å². The molecular formula is C18H20ClN3O3S. The molecular weight excluding hydrogens is 374 g/mol. The zero-order valence-electron chi connectivity index (χ0n) is 14.2. The summed E-state index contributed by atoms with van der Waals surface area (Å²) >= 11 is 7.30. The first-order valence-electron chi connectivity index (χ1n) is 8.40. The van der Waals surface area contributed by atoms with E-state index in [9.17, 15) is 9.59 Å². The number of rotatable bonds is 6. The van der Waals surface area contributed by atoms with Crippen molar-refractivity contribution >= 4 is 34.8 Å². The summed E-state index contributed by atoms with van der Waals surface area (Å²) in [5.74, 6) is 0.115. The molecule has 2 heterocycles. The number of hydrogen-bond acceptors (Lipinski definition) is 5. The minimum Gasteiger partial charge on any atom is -0.486 e. The Labute approximate surface area is 160 Å². The fourth-order valence-electron chi connectivity index (χ4n) is 2.87. The molecule has 0 bridgehead atoms. The van der Waals surface area contributed by atoms with Crippen LogP contribution in [-0.4, -0.2) is 34.8 Å². The van der Waals surface area contributed by atoms with Crippen LogP contribution in [0.5, 0.6) is 5.75 Å². The molecule has 3 rings (SSSR count). The Morgan fingerprint density at radius 1 is 1.35 bits per heavy atom. The Bertz CT molecular complexity index is 778. The summed E-state index contributed by atoms with van der Waals surface area (Å²) in [5, 5.41) is 3.33. The van der Waals surface area contributed by atoms with Crippen molar-refractivity contribution in [3.63, 3.8) is 0 Å². The lowest BCUT2D eigenvalue weighted by Gasteiger charge is -2.31. The van der Waals surface area contributed by atoms with Gasteiger partial charge in [0.15, 0.2) is 0 Å². The predicted octanol–water partition coefficient (Wildman–Crippen LogP) is 2.64. The molecule has 1 aliphatic heterocycles. The van der Waals surface area contributed by atoms with E-state index in [2.05, 4.69) is 4.98 Å². The standard InChI is InChI=1S/C18H20ClN3O3S/c19-13-3-5-15(6-4-13)25-10-16-21-14(11-26-16)8-17(23)22-7-1-2-12(9-22)18(20)24/h3-6,11-12H,1-2,7-10H2,(H2,20,24). The second kappa shape index (κ2) is 8.51. The van der Waals surface area contributed by atoms with E-state index in [0.717, 1.165) is 23.5 Å². The number of aromatic nitrogens is 1. The van der Waals surface area contributed by atoms with Crippen LogP contribution in [0.25, 0.3) is 0 Å². The van der Waals surface area contributed by atoms with Crippen LogP contribution in [0, 0.1) is 5.92 Å². The Hall–Kier alpha value is -2.12. The molecule has 1 unspecified atom stereocenters. The van der Waals surface area contributed by atoms with Gasteiger partial charge >= 0.3 is 0 Å². The van der Waals surface area contributed by atoms with E-state index in [1.165, 1.54) is 11.3 Å². The van der Waals surface area contributed by atoms with E-state index >= 15 is 0 Å². The molecule has 1 aromatic carbocycles. The Kier molecular flexibility index (Phi) is 6.11. The molecule has 0 spiro atoms. The van der Waals surface area contributed by atoms with Gasteiger partial charge in [0.1, 0.15) is 17.4 Å². The number of likely N-dealkylation sites (tertiary alicyclic amines) is 1. The van der Waals surface area contributed by atoms with Gasteiger partial charge in [-0.3, -0.25) is 9.59 Å². The molecule has 26 heavy (non-hydrogen) atoms. The van der Waals surface area contributed by atoms with E-state index in [1.807, 2.05) is 5.38 Å². The Balaban J connectivity index is 1.52. The van der Waals surface area contributed by atoms with Crippen LogP contribution in [0.15, 0.2) is 29.6 Å². The third-order valence-electron chi connectivity index (χ3n) is 4.28. The minimum absolute atomic E-state index is 0.0218. The fourth-order valence-corrected chi connectivity index (χ4v) is 3.71. The molecule has 1 fully saturated rings. The highest BCUT2D eigenvalue weighted by Crippen LogP contribution is 2.20. The number of carbonyl (C=O) groups is 2. The van der Waals surface area contributed by atoms with Crippen molar-refractivity contribution in [1.29, 1.82) is 0 Å². The number of nitrogens with two attached hydrogens (primary N) is 1. The van der Waals surface area contributed by atoms with Gasteiger partial charge in [0.05, 0.1) is 18.0 Å². The largest absolute Gasteiger partial charge is 0.486 e. The molecule has 8 heteroatoms. The number of hydrogen-bond donors (Lipinski definition) is 1. The maximum atomic E-state index is 12.5. The molecule has 2 amide bonds.